The predicted octanol–water partition coefficient (Wildman–Crippen LogP) is 4.96. The van der Waals surface area contributed by atoms with E-state index in [4.69, 9.17) is 5.11 Å². The van der Waals surface area contributed by atoms with E-state index < -0.39 is 12.0 Å². The van der Waals surface area contributed by atoms with Crippen molar-refractivity contribution >= 4 is 41.4 Å². The van der Waals surface area contributed by atoms with E-state index in [2.05, 4.69) is 24.4 Å². The molecule has 1 atom stereocenters. The molecule has 0 saturated heterocycles. The van der Waals surface area contributed by atoms with Gasteiger partial charge >= 0.3 is 35.5 Å². The molecule has 5 heteroatoms. The molecule has 0 aromatic rings. The second-order valence-corrected chi connectivity index (χ2v) is 6.96. The first-order chi connectivity index (χ1) is 12.1. The molecule has 0 aromatic heterocycles. The fraction of sp³-hybridized carbons (Fsp3) is 0.810. The van der Waals surface area contributed by atoms with Crippen molar-refractivity contribution in [2.75, 3.05) is 0 Å². The Morgan fingerprint density at radius 2 is 1.31 bits per heavy atom. The van der Waals surface area contributed by atoms with Crippen LogP contribution in [-0.2, 0) is 9.59 Å². The van der Waals surface area contributed by atoms with E-state index in [1.807, 2.05) is 0 Å². The number of unbranched alkanes of at least 4 members (excludes halogenated alkanes) is 11. The van der Waals surface area contributed by atoms with Crippen LogP contribution in [0.3, 0.4) is 0 Å². The Hall–Kier alpha value is -0.320. The number of carboxylic acid groups (broad SMARTS) is 1. The summed E-state index contributed by atoms with van der Waals surface area (Å²) in [7, 11) is 0. The van der Waals surface area contributed by atoms with E-state index in [0.29, 0.717) is 6.42 Å². The van der Waals surface area contributed by atoms with Crippen LogP contribution in [0.5, 0.6) is 0 Å². The summed E-state index contributed by atoms with van der Waals surface area (Å²) in [4.78, 5) is 22.1. The summed E-state index contributed by atoms with van der Waals surface area (Å²) in [5, 5.41) is 11.2. The van der Waals surface area contributed by atoms with Gasteiger partial charge in [-0.05, 0) is 39.0 Å². The number of carbonyl (C=O) groups excluding carboxylic acids is 1. The van der Waals surface area contributed by atoms with Crippen molar-refractivity contribution in [3.8, 4) is 0 Å². The Bertz CT molecular complexity index is 372. The van der Waals surface area contributed by atoms with Gasteiger partial charge in [-0.15, -0.1) is 0 Å². The molecule has 4 nitrogen and oxygen atoms in total. The van der Waals surface area contributed by atoms with Crippen LogP contribution in [0.4, 0.5) is 0 Å². The maximum atomic E-state index is 11.5. The van der Waals surface area contributed by atoms with E-state index >= 15 is 0 Å². The topological polar surface area (TPSA) is 66.4 Å². The van der Waals surface area contributed by atoms with Gasteiger partial charge in [0.2, 0.25) is 5.91 Å². The van der Waals surface area contributed by atoms with Crippen LogP contribution in [0.25, 0.3) is 0 Å². The first-order valence-corrected chi connectivity index (χ1v) is 10.2. The maximum absolute atomic E-state index is 11.5. The van der Waals surface area contributed by atoms with E-state index in [1.165, 1.54) is 64.7 Å². The van der Waals surface area contributed by atoms with Crippen LogP contribution in [0.1, 0.15) is 104 Å². The number of amides is 1. The Morgan fingerprint density at radius 1 is 0.846 bits per heavy atom. The molecule has 2 N–H and O–H groups in total. The monoisotopic (exact) mass is 377 g/mol. The van der Waals surface area contributed by atoms with Crippen LogP contribution in [0.15, 0.2) is 12.2 Å². The number of hydrogen-bond donors (Lipinski definition) is 2. The molecule has 0 spiro atoms. The standard InChI is InChI=1S/C21H39NO3.Na.H/c1-3-4-5-6-7-8-9-10-11-12-13-14-15-16-17-18-20(23)22-19(2)21(24)25;;/h10-11,19H,3-9,12-18H2,1-2H3,(H,22,23)(H,24,25);;/b11-10-;;/t19-;;/m0../s1. The Kier molecular flexibility index (Phi) is 22.5. The first kappa shape index (κ1) is 27.9. The molecular weight excluding hydrogens is 337 g/mol. The first-order valence-electron chi connectivity index (χ1n) is 10.2. The van der Waals surface area contributed by atoms with Gasteiger partial charge in [0.05, 0.1) is 0 Å². The normalized spacial score (nSPS) is 11.9. The zero-order valence-electron chi connectivity index (χ0n) is 16.4. The van der Waals surface area contributed by atoms with Crippen molar-refractivity contribution in [3.63, 3.8) is 0 Å². The zero-order valence-corrected chi connectivity index (χ0v) is 16.4. The third-order valence-corrected chi connectivity index (χ3v) is 4.41. The number of nitrogens with one attached hydrogen (secondary N) is 1. The molecule has 0 radical (unpaired) electrons. The van der Waals surface area contributed by atoms with Crippen molar-refractivity contribution < 1.29 is 14.7 Å². The summed E-state index contributed by atoms with van der Waals surface area (Å²) < 4.78 is 0. The fourth-order valence-corrected chi connectivity index (χ4v) is 2.73. The molecule has 148 valence electrons. The number of aliphatic carboxylic acids is 1. The molecule has 0 bridgehead atoms. The van der Waals surface area contributed by atoms with Crippen LogP contribution >= 0.6 is 0 Å². The molecule has 0 aliphatic heterocycles. The van der Waals surface area contributed by atoms with E-state index in [0.717, 1.165) is 25.7 Å². The third-order valence-electron chi connectivity index (χ3n) is 4.41. The van der Waals surface area contributed by atoms with Gasteiger partial charge in [0.15, 0.2) is 0 Å². The minimum absolute atomic E-state index is 0. The molecule has 26 heavy (non-hydrogen) atoms. The van der Waals surface area contributed by atoms with Gasteiger partial charge in [-0.2, -0.15) is 0 Å². The molecule has 0 saturated carbocycles. The number of rotatable bonds is 17. The molecule has 0 aromatic carbocycles. The predicted molar refractivity (Wildman–Crippen MR) is 112 cm³/mol. The average molecular weight is 378 g/mol. The van der Waals surface area contributed by atoms with Crippen molar-refractivity contribution in [1.82, 2.24) is 5.32 Å². The molecule has 0 aliphatic rings. The van der Waals surface area contributed by atoms with Crippen LogP contribution in [0.2, 0.25) is 0 Å². The molecular formula is C21H40NNaO3. The quantitative estimate of drug-likeness (QED) is 0.214. The van der Waals surface area contributed by atoms with Gasteiger partial charge in [-0.1, -0.05) is 70.4 Å². The van der Waals surface area contributed by atoms with E-state index in [-0.39, 0.29) is 35.5 Å². The van der Waals surface area contributed by atoms with Gasteiger partial charge in [0, 0.05) is 6.42 Å². The van der Waals surface area contributed by atoms with Gasteiger partial charge in [-0.3, -0.25) is 9.59 Å². The van der Waals surface area contributed by atoms with Gasteiger partial charge in [0.1, 0.15) is 6.04 Å². The van der Waals surface area contributed by atoms with Crippen molar-refractivity contribution in [2.24, 2.45) is 0 Å². The number of carboxylic acids is 1. The van der Waals surface area contributed by atoms with Crippen LogP contribution < -0.4 is 5.32 Å². The second-order valence-electron chi connectivity index (χ2n) is 6.96. The molecule has 0 aliphatic carbocycles. The van der Waals surface area contributed by atoms with Gasteiger partial charge in [0.25, 0.3) is 0 Å². The molecule has 0 unspecified atom stereocenters. The molecule has 1 amide bonds. The van der Waals surface area contributed by atoms with Gasteiger partial charge in [-0.25, -0.2) is 0 Å². The summed E-state index contributed by atoms with van der Waals surface area (Å²) >= 11 is 0. The molecule has 0 fully saturated rings. The van der Waals surface area contributed by atoms with Gasteiger partial charge < -0.3 is 10.4 Å². The third kappa shape index (κ3) is 20.0. The molecule has 0 heterocycles. The minimum atomic E-state index is -0.988. The number of allylic oxidation sites excluding steroid dienone is 2. The number of hydrogen-bond acceptors (Lipinski definition) is 2. The van der Waals surface area contributed by atoms with Crippen molar-refractivity contribution in [1.29, 1.82) is 0 Å². The van der Waals surface area contributed by atoms with Crippen LogP contribution in [0, 0.1) is 0 Å². The Labute approximate surface area is 182 Å². The average Bonchev–Trinajstić information content (AvgIpc) is 2.58. The SMILES string of the molecule is CCCCCCCC/C=C\CCCCCCCC(=O)N[C@@H](C)C(=O)O.[NaH]. The molecule has 0 rings (SSSR count). The Morgan fingerprint density at radius 3 is 1.81 bits per heavy atom. The second kappa shape index (κ2) is 21.0. The summed E-state index contributed by atoms with van der Waals surface area (Å²) in [6, 6.07) is -0.796. The fourth-order valence-electron chi connectivity index (χ4n) is 2.73. The van der Waals surface area contributed by atoms with E-state index in [9.17, 15) is 9.59 Å². The van der Waals surface area contributed by atoms with Crippen LogP contribution in [-0.4, -0.2) is 52.6 Å². The summed E-state index contributed by atoms with van der Waals surface area (Å²) in [5.74, 6) is -1.15. The van der Waals surface area contributed by atoms with E-state index in [1.54, 1.807) is 0 Å². The Balaban J connectivity index is 0. The summed E-state index contributed by atoms with van der Waals surface area (Å²) in [6.07, 6.45) is 21.0. The zero-order chi connectivity index (χ0) is 18.8. The van der Waals surface area contributed by atoms with Crippen molar-refractivity contribution in [2.45, 2.75) is 110 Å². The summed E-state index contributed by atoms with van der Waals surface area (Å²) in [5.41, 5.74) is 0. The number of carbonyl (C=O) groups is 2. The summed E-state index contributed by atoms with van der Waals surface area (Å²) in [6.45, 7) is 3.74. The van der Waals surface area contributed by atoms with Crippen molar-refractivity contribution in [3.05, 3.63) is 12.2 Å².